The number of carbonyl (C=O) groups is 3. The molecule has 1 N–H and O–H groups in total. The van der Waals surface area contributed by atoms with Crippen LogP contribution in [0.3, 0.4) is 0 Å². The van der Waals surface area contributed by atoms with Crippen LogP contribution in [0.4, 0.5) is 27.8 Å². The SMILES string of the molecule is COC(=O)c1nccnc1N(C(=O)OC(C)(C)C)c1cccnc1.COC(=O)c1nccnc1Nc1cccnc1. The number of hydrogen-bond acceptors (Lipinski definition) is 13. The first kappa shape index (κ1) is 30.0. The number of amides is 1. The molecule has 0 atom stereocenters. The van der Waals surface area contributed by atoms with Crippen molar-refractivity contribution < 1.29 is 28.6 Å². The molecule has 0 saturated carbocycles. The molecular formula is C27H28N8O6. The third kappa shape index (κ3) is 8.48. The molecule has 0 bridgehead atoms. The minimum atomic E-state index is -0.731. The molecule has 0 aliphatic carbocycles. The molecule has 0 radical (unpaired) electrons. The van der Waals surface area contributed by atoms with Crippen molar-refractivity contribution >= 4 is 41.0 Å². The van der Waals surface area contributed by atoms with Crippen LogP contribution in [0.1, 0.15) is 41.7 Å². The molecule has 0 spiro atoms. The zero-order valence-electron chi connectivity index (χ0n) is 23.0. The quantitative estimate of drug-likeness (QED) is 0.264. The lowest BCUT2D eigenvalue weighted by Crippen LogP contribution is -2.35. The van der Waals surface area contributed by atoms with Crippen molar-refractivity contribution in [3.63, 3.8) is 0 Å². The molecule has 14 nitrogen and oxygen atoms in total. The number of nitrogens with zero attached hydrogens (tertiary/aromatic N) is 7. The highest BCUT2D eigenvalue weighted by Gasteiger charge is 2.30. The van der Waals surface area contributed by atoms with Crippen molar-refractivity contribution in [2.75, 3.05) is 24.4 Å². The van der Waals surface area contributed by atoms with Crippen molar-refractivity contribution in [1.29, 1.82) is 0 Å². The summed E-state index contributed by atoms with van der Waals surface area (Å²) in [4.78, 5) is 61.2. The van der Waals surface area contributed by atoms with E-state index in [0.29, 0.717) is 11.5 Å². The van der Waals surface area contributed by atoms with Crippen LogP contribution in [0.25, 0.3) is 0 Å². The Kier molecular flexibility index (Phi) is 10.3. The van der Waals surface area contributed by atoms with Crippen LogP contribution in [0.15, 0.2) is 73.8 Å². The molecule has 14 heteroatoms. The summed E-state index contributed by atoms with van der Waals surface area (Å²) in [5.41, 5.74) is 0.412. The first-order valence-electron chi connectivity index (χ1n) is 12.0. The highest BCUT2D eigenvalue weighted by Crippen LogP contribution is 2.27. The van der Waals surface area contributed by atoms with Gasteiger partial charge in [-0.05, 0) is 45.0 Å². The van der Waals surface area contributed by atoms with E-state index in [0.717, 1.165) is 10.6 Å². The number of rotatable bonds is 6. The molecule has 4 aromatic rings. The Morgan fingerprint density at radius 2 is 1.34 bits per heavy atom. The van der Waals surface area contributed by atoms with E-state index in [1.54, 1.807) is 57.6 Å². The van der Waals surface area contributed by atoms with Crippen molar-refractivity contribution in [2.45, 2.75) is 26.4 Å². The van der Waals surface area contributed by atoms with Gasteiger partial charge in [-0.3, -0.25) is 9.97 Å². The Hall–Kier alpha value is -5.53. The van der Waals surface area contributed by atoms with Crippen LogP contribution in [0.2, 0.25) is 0 Å². The van der Waals surface area contributed by atoms with Gasteiger partial charge in [0.1, 0.15) is 5.60 Å². The maximum atomic E-state index is 12.7. The van der Waals surface area contributed by atoms with Gasteiger partial charge in [0.25, 0.3) is 0 Å². The van der Waals surface area contributed by atoms with Gasteiger partial charge in [-0.25, -0.2) is 39.2 Å². The minimum absolute atomic E-state index is 0.00611. The van der Waals surface area contributed by atoms with Crippen molar-refractivity contribution in [2.24, 2.45) is 0 Å². The topological polar surface area (TPSA) is 172 Å². The lowest BCUT2D eigenvalue weighted by molar-refractivity contribution is 0.0579. The lowest BCUT2D eigenvalue weighted by atomic mass is 10.2. The summed E-state index contributed by atoms with van der Waals surface area (Å²) < 4.78 is 14.7. The minimum Gasteiger partial charge on any atom is -0.464 e. The summed E-state index contributed by atoms with van der Waals surface area (Å²) in [6, 6.07) is 6.88. The van der Waals surface area contributed by atoms with Gasteiger partial charge in [0.05, 0.1) is 38.0 Å². The first-order valence-corrected chi connectivity index (χ1v) is 12.0. The molecule has 0 aliphatic heterocycles. The monoisotopic (exact) mass is 560 g/mol. The largest absolute Gasteiger partial charge is 0.464 e. The maximum Gasteiger partial charge on any atom is 0.420 e. The number of hydrogen-bond donors (Lipinski definition) is 1. The molecule has 4 aromatic heterocycles. The van der Waals surface area contributed by atoms with E-state index in [-0.39, 0.29) is 17.2 Å². The van der Waals surface area contributed by atoms with Crippen LogP contribution in [-0.4, -0.2) is 67.8 Å². The summed E-state index contributed by atoms with van der Waals surface area (Å²) in [5.74, 6) is -0.904. The Labute approximate surface area is 235 Å². The van der Waals surface area contributed by atoms with E-state index in [4.69, 9.17) is 9.47 Å². The molecule has 0 aromatic carbocycles. The lowest BCUT2D eigenvalue weighted by Gasteiger charge is -2.27. The summed E-state index contributed by atoms with van der Waals surface area (Å²) >= 11 is 0. The second kappa shape index (κ2) is 14.0. The van der Waals surface area contributed by atoms with Gasteiger partial charge in [-0.1, -0.05) is 0 Å². The zero-order valence-corrected chi connectivity index (χ0v) is 23.0. The second-order valence-corrected chi connectivity index (χ2v) is 8.86. The first-order chi connectivity index (χ1) is 19.6. The van der Waals surface area contributed by atoms with Crippen LogP contribution in [-0.2, 0) is 14.2 Å². The Balaban J connectivity index is 0.000000239. The highest BCUT2D eigenvalue weighted by atomic mass is 16.6. The van der Waals surface area contributed by atoms with Gasteiger partial charge >= 0.3 is 18.0 Å². The number of anilines is 4. The smallest absolute Gasteiger partial charge is 0.420 e. The van der Waals surface area contributed by atoms with Gasteiger partial charge in [0, 0.05) is 37.2 Å². The van der Waals surface area contributed by atoms with Gasteiger partial charge in [-0.15, -0.1) is 0 Å². The summed E-state index contributed by atoms with van der Waals surface area (Å²) in [6.45, 7) is 5.22. The predicted molar refractivity (Wildman–Crippen MR) is 147 cm³/mol. The van der Waals surface area contributed by atoms with Crippen molar-refractivity contribution in [1.82, 2.24) is 29.9 Å². The fourth-order valence-corrected chi connectivity index (χ4v) is 3.09. The van der Waals surface area contributed by atoms with E-state index in [1.807, 2.05) is 6.07 Å². The molecule has 1 amide bonds. The molecule has 41 heavy (non-hydrogen) atoms. The standard InChI is InChI=1S/C16H18N4O4.C11H10N4O2/c1-16(2,3)24-15(22)20(11-6-5-7-17-10-11)13-12(14(21)23-4)18-8-9-19-13;1-17-11(16)9-10(14-6-5-13-9)15-8-3-2-4-12-7-8/h5-10H,1-4H3;2-7H,1H3,(H,14,15). The molecule has 4 rings (SSSR count). The highest BCUT2D eigenvalue weighted by molar-refractivity contribution is 6.02. The molecule has 212 valence electrons. The number of ether oxygens (including phenoxy) is 3. The van der Waals surface area contributed by atoms with E-state index < -0.39 is 23.6 Å². The van der Waals surface area contributed by atoms with E-state index in [9.17, 15) is 14.4 Å². The average molecular weight is 561 g/mol. The van der Waals surface area contributed by atoms with E-state index in [1.165, 1.54) is 45.2 Å². The van der Waals surface area contributed by atoms with E-state index >= 15 is 0 Å². The van der Waals surface area contributed by atoms with Crippen molar-refractivity contribution in [3.8, 4) is 0 Å². The maximum absolute atomic E-state index is 12.7. The van der Waals surface area contributed by atoms with Crippen molar-refractivity contribution in [3.05, 3.63) is 85.2 Å². The fraction of sp³-hybridized carbons (Fsp3) is 0.222. The average Bonchev–Trinajstić information content (AvgIpc) is 2.97. The fourth-order valence-electron chi connectivity index (χ4n) is 3.09. The molecular weight excluding hydrogens is 532 g/mol. The third-order valence-electron chi connectivity index (χ3n) is 4.75. The molecule has 0 unspecified atom stereocenters. The second-order valence-electron chi connectivity index (χ2n) is 8.86. The summed E-state index contributed by atoms with van der Waals surface area (Å²) in [5, 5.41) is 2.95. The predicted octanol–water partition coefficient (Wildman–Crippen LogP) is 4.13. The number of carbonyl (C=O) groups excluding carboxylic acids is 3. The number of aromatic nitrogens is 6. The Bertz CT molecular complexity index is 1470. The number of methoxy groups -OCH3 is 2. The zero-order chi connectivity index (χ0) is 29.8. The molecule has 0 fully saturated rings. The van der Waals surface area contributed by atoms with Gasteiger partial charge in [0.2, 0.25) is 0 Å². The summed E-state index contributed by atoms with van der Waals surface area (Å²) in [7, 11) is 2.52. The summed E-state index contributed by atoms with van der Waals surface area (Å²) in [6.07, 6.45) is 11.2. The Morgan fingerprint density at radius 1 is 0.756 bits per heavy atom. The van der Waals surface area contributed by atoms with E-state index in [2.05, 4.69) is 40.0 Å². The molecule has 4 heterocycles. The van der Waals surface area contributed by atoms with Crippen LogP contribution in [0.5, 0.6) is 0 Å². The number of pyridine rings is 2. The number of esters is 2. The van der Waals surface area contributed by atoms with Gasteiger partial charge in [-0.2, -0.15) is 0 Å². The third-order valence-corrected chi connectivity index (χ3v) is 4.75. The molecule has 0 aliphatic rings. The Morgan fingerprint density at radius 3 is 1.93 bits per heavy atom. The molecule has 0 saturated heterocycles. The van der Waals surface area contributed by atoms with Gasteiger partial charge < -0.3 is 19.5 Å². The van der Waals surface area contributed by atoms with Crippen LogP contribution in [0, 0.1) is 0 Å². The van der Waals surface area contributed by atoms with Crippen LogP contribution < -0.4 is 10.2 Å². The van der Waals surface area contributed by atoms with Gasteiger partial charge in [0.15, 0.2) is 23.0 Å². The normalized spacial score (nSPS) is 10.4. The van der Waals surface area contributed by atoms with Crippen LogP contribution >= 0.6 is 0 Å². The number of nitrogens with one attached hydrogen (secondary N) is 1.